The summed E-state index contributed by atoms with van der Waals surface area (Å²) in [5.74, 6) is -0.523. The largest absolute Gasteiger partial charge is 0.332 e. The minimum Gasteiger partial charge on any atom is -0.332 e. The van der Waals surface area contributed by atoms with E-state index in [1.165, 1.54) is 0 Å². The van der Waals surface area contributed by atoms with Crippen molar-refractivity contribution in [2.45, 2.75) is 13.8 Å². The zero-order valence-corrected chi connectivity index (χ0v) is 18.0. The van der Waals surface area contributed by atoms with Crippen LogP contribution in [0.1, 0.15) is 31.8 Å². The van der Waals surface area contributed by atoms with Gasteiger partial charge in [-0.05, 0) is 80.2 Å². The van der Waals surface area contributed by atoms with Crippen molar-refractivity contribution >= 4 is 52.1 Å². The predicted octanol–water partition coefficient (Wildman–Crippen LogP) is 5.34. The number of aryl methyl sites for hydroxylation is 2. The number of benzene rings is 3. The van der Waals surface area contributed by atoms with Gasteiger partial charge in [0.25, 0.3) is 11.8 Å². The maximum atomic E-state index is 12.4. The van der Waals surface area contributed by atoms with Crippen molar-refractivity contribution in [1.29, 1.82) is 0 Å². The smallest absolute Gasteiger partial charge is 0.257 e. The number of halogens is 1. The van der Waals surface area contributed by atoms with Crippen LogP contribution >= 0.6 is 23.8 Å². The molecule has 0 aliphatic carbocycles. The van der Waals surface area contributed by atoms with Crippen LogP contribution in [0.3, 0.4) is 0 Å². The van der Waals surface area contributed by atoms with Gasteiger partial charge in [-0.1, -0.05) is 35.4 Å². The van der Waals surface area contributed by atoms with Crippen LogP contribution in [0.5, 0.6) is 0 Å². The SMILES string of the molecule is Cc1ccc(C(=O)NC(=S)Nc2ccc(NC(=O)c3cccc(Cl)c3)cc2)c(C)c1. The molecule has 3 rings (SSSR count). The molecule has 0 radical (unpaired) electrons. The van der Waals surface area contributed by atoms with Gasteiger partial charge in [-0.2, -0.15) is 0 Å². The zero-order chi connectivity index (χ0) is 21.7. The first kappa shape index (κ1) is 21.5. The van der Waals surface area contributed by atoms with Gasteiger partial charge in [0.05, 0.1) is 0 Å². The van der Waals surface area contributed by atoms with Gasteiger partial charge in [0.2, 0.25) is 0 Å². The van der Waals surface area contributed by atoms with Crippen LogP contribution in [0.25, 0.3) is 0 Å². The van der Waals surface area contributed by atoms with E-state index in [2.05, 4.69) is 16.0 Å². The highest BCUT2D eigenvalue weighted by atomic mass is 35.5. The van der Waals surface area contributed by atoms with Crippen molar-refractivity contribution in [3.8, 4) is 0 Å². The van der Waals surface area contributed by atoms with E-state index < -0.39 is 0 Å². The molecule has 30 heavy (non-hydrogen) atoms. The first-order valence-corrected chi connectivity index (χ1v) is 9.97. The summed E-state index contributed by atoms with van der Waals surface area (Å²) >= 11 is 11.2. The van der Waals surface area contributed by atoms with Crippen LogP contribution in [0.15, 0.2) is 66.7 Å². The molecule has 5 nitrogen and oxygen atoms in total. The highest BCUT2D eigenvalue weighted by Gasteiger charge is 2.11. The standard InChI is InChI=1S/C23H20ClN3O2S/c1-14-6-11-20(15(2)12-14)22(29)27-23(30)26-19-9-7-18(8-10-19)25-21(28)16-4-3-5-17(24)13-16/h3-13H,1-2H3,(H,25,28)(H2,26,27,29,30). The second kappa shape index (κ2) is 9.52. The number of amides is 2. The Morgan fingerprint density at radius 2 is 1.50 bits per heavy atom. The molecular formula is C23H20ClN3O2S. The molecule has 0 saturated heterocycles. The summed E-state index contributed by atoms with van der Waals surface area (Å²) in [5.41, 5.74) is 4.32. The van der Waals surface area contributed by atoms with E-state index in [1.807, 2.05) is 26.0 Å². The first-order valence-electron chi connectivity index (χ1n) is 9.18. The van der Waals surface area contributed by atoms with Crippen LogP contribution in [-0.2, 0) is 0 Å². The fraction of sp³-hybridized carbons (Fsp3) is 0.0870. The molecule has 0 spiro atoms. The lowest BCUT2D eigenvalue weighted by atomic mass is 10.1. The van der Waals surface area contributed by atoms with Crippen molar-refractivity contribution in [2.75, 3.05) is 10.6 Å². The number of thiocarbonyl (C=S) groups is 1. The molecule has 0 saturated carbocycles. The summed E-state index contributed by atoms with van der Waals surface area (Å²) in [6.07, 6.45) is 0. The van der Waals surface area contributed by atoms with Gasteiger partial charge in [-0.25, -0.2) is 0 Å². The number of carbonyl (C=O) groups excluding carboxylic acids is 2. The summed E-state index contributed by atoms with van der Waals surface area (Å²) in [5, 5.41) is 9.13. The van der Waals surface area contributed by atoms with Gasteiger partial charge in [-0.3, -0.25) is 14.9 Å². The molecular weight excluding hydrogens is 418 g/mol. The molecule has 0 fully saturated rings. The lowest BCUT2D eigenvalue weighted by Crippen LogP contribution is -2.34. The van der Waals surface area contributed by atoms with Crippen molar-refractivity contribution in [2.24, 2.45) is 0 Å². The van der Waals surface area contributed by atoms with E-state index in [-0.39, 0.29) is 16.9 Å². The second-order valence-electron chi connectivity index (χ2n) is 6.77. The fourth-order valence-corrected chi connectivity index (χ4v) is 3.27. The quantitative estimate of drug-likeness (QED) is 0.482. The molecule has 3 aromatic carbocycles. The van der Waals surface area contributed by atoms with E-state index in [1.54, 1.807) is 54.6 Å². The molecule has 0 atom stereocenters. The molecule has 0 aliphatic heterocycles. The number of nitrogens with one attached hydrogen (secondary N) is 3. The molecule has 0 aliphatic rings. The third kappa shape index (κ3) is 5.65. The van der Waals surface area contributed by atoms with Gasteiger partial charge in [-0.15, -0.1) is 0 Å². The lowest BCUT2D eigenvalue weighted by molar-refractivity contribution is 0.0975. The molecule has 3 N–H and O–H groups in total. The third-order valence-electron chi connectivity index (χ3n) is 4.34. The monoisotopic (exact) mass is 437 g/mol. The molecule has 0 heterocycles. The highest BCUT2D eigenvalue weighted by molar-refractivity contribution is 7.80. The van der Waals surface area contributed by atoms with Gasteiger partial charge in [0.15, 0.2) is 5.11 Å². The Morgan fingerprint density at radius 1 is 0.833 bits per heavy atom. The van der Waals surface area contributed by atoms with E-state index >= 15 is 0 Å². The summed E-state index contributed by atoms with van der Waals surface area (Å²) < 4.78 is 0. The fourth-order valence-electron chi connectivity index (χ4n) is 2.87. The van der Waals surface area contributed by atoms with E-state index in [9.17, 15) is 9.59 Å². The Labute approximate surface area is 185 Å². The second-order valence-corrected chi connectivity index (χ2v) is 7.61. The number of rotatable bonds is 4. The first-order chi connectivity index (χ1) is 14.3. The predicted molar refractivity (Wildman–Crippen MR) is 125 cm³/mol. The van der Waals surface area contributed by atoms with Crippen molar-refractivity contribution in [3.05, 3.63) is 94.0 Å². The highest BCUT2D eigenvalue weighted by Crippen LogP contribution is 2.17. The lowest BCUT2D eigenvalue weighted by Gasteiger charge is -2.12. The van der Waals surface area contributed by atoms with E-state index in [0.29, 0.717) is 27.5 Å². The zero-order valence-electron chi connectivity index (χ0n) is 16.5. The van der Waals surface area contributed by atoms with Crippen molar-refractivity contribution in [1.82, 2.24) is 5.32 Å². The summed E-state index contributed by atoms with van der Waals surface area (Å²) in [4.78, 5) is 24.7. The van der Waals surface area contributed by atoms with E-state index in [4.69, 9.17) is 23.8 Å². The van der Waals surface area contributed by atoms with E-state index in [0.717, 1.165) is 11.1 Å². The van der Waals surface area contributed by atoms with Crippen LogP contribution in [-0.4, -0.2) is 16.9 Å². The Balaban J connectivity index is 1.57. The van der Waals surface area contributed by atoms with Gasteiger partial charge >= 0.3 is 0 Å². The minimum absolute atomic E-state index is 0.190. The molecule has 0 unspecified atom stereocenters. The van der Waals surface area contributed by atoms with Crippen LogP contribution < -0.4 is 16.0 Å². The molecule has 0 bridgehead atoms. The van der Waals surface area contributed by atoms with Gasteiger partial charge in [0.1, 0.15) is 0 Å². The summed E-state index contributed by atoms with van der Waals surface area (Å²) in [7, 11) is 0. The van der Waals surface area contributed by atoms with Gasteiger partial charge < -0.3 is 10.6 Å². The number of hydrogen-bond donors (Lipinski definition) is 3. The average Bonchev–Trinajstić information content (AvgIpc) is 2.69. The Kier molecular flexibility index (Phi) is 6.82. The van der Waals surface area contributed by atoms with Crippen molar-refractivity contribution < 1.29 is 9.59 Å². The topological polar surface area (TPSA) is 70.2 Å². The van der Waals surface area contributed by atoms with Crippen LogP contribution in [0.4, 0.5) is 11.4 Å². The Bertz CT molecular complexity index is 1110. The number of carbonyl (C=O) groups is 2. The normalized spacial score (nSPS) is 10.2. The molecule has 0 aromatic heterocycles. The third-order valence-corrected chi connectivity index (χ3v) is 4.78. The molecule has 152 valence electrons. The maximum Gasteiger partial charge on any atom is 0.257 e. The Hall–Kier alpha value is -3.22. The molecule has 2 amide bonds. The molecule has 3 aromatic rings. The van der Waals surface area contributed by atoms with Crippen LogP contribution in [0.2, 0.25) is 5.02 Å². The van der Waals surface area contributed by atoms with Crippen LogP contribution in [0, 0.1) is 13.8 Å². The number of hydrogen-bond acceptors (Lipinski definition) is 3. The summed E-state index contributed by atoms with van der Waals surface area (Å²) in [6.45, 7) is 3.86. The van der Waals surface area contributed by atoms with Crippen molar-refractivity contribution in [3.63, 3.8) is 0 Å². The summed E-state index contributed by atoms with van der Waals surface area (Å²) in [6, 6.07) is 19.3. The van der Waals surface area contributed by atoms with Gasteiger partial charge in [0, 0.05) is 27.5 Å². The average molecular weight is 438 g/mol. The minimum atomic E-state index is -0.268. The Morgan fingerprint density at radius 3 is 2.13 bits per heavy atom. The molecule has 7 heteroatoms. The number of anilines is 2. The maximum absolute atomic E-state index is 12.4.